The minimum Gasteiger partial charge on any atom is -0.455 e. The van der Waals surface area contributed by atoms with Crippen molar-refractivity contribution >= 4 is 5.97 Å². The Bertz CT molecular complexity index is 810. The lowest BCUT2D eigenvalue weighted by atomic mass is 9.50. The Morgan fingerprint density at radius 2 is 1.21 bits per heavy atom. The molecule has 6 nitrogen and oxygen atoms in total. The quantitative estimate of drug-likeness (QED) is 0.166. The molecule has 6 fully saturated rings. The van der Waals surface area contributed by atoms with E-state index in [1.807, 2.05) is 0 Å². The molecule has 0 radical (unpaired) electrons. The number of hydrogen-bond acceptors (Lipinski definition) is 6. The van der Waals surface area contributed by atoms with Crippen molar-refractivity contribution in [2.75, 3.05) is 39.6 Å². The van der Waals surface area contributed by atoms with Gasteiger partial charge in [-0.15, -0.1) is 0 Å². The Labute approximate surface area is 230 Å². The molecule has 0 amide bonds. The molecule has 2 atom stereocenters. The van der Waals surface area contributed by atoms with Crippen molar-refractivity contribution in [3.05, 3.63) is 12.2 Å². The number of carbonyl (C=O) groups excluding carboxylic acids is 1. The minimum absolute atomic E-state index is 0.271. The average Bonchev–Trinajstić information content (AvgIpc) is 2.80. The van der Waals surface area contributed by atoms with E-state index in [2.05, 4.69) is 20.4 Å². The predicted octanol–water partition coefficient (Wildman–Crippen LogP) is 6.55. The Morgan fingerprint density at radius 1 is 0.763 bits per heavy atom. The fraction of sp³-hybridized carbons (Fsp3) is 0.906. The third kappa shape index (κ3) is 5.89. The summed E-state index contributed by atoms with van der Waals surface area (Å²) in [5, 5.41) is 0. The van der Waals surface area contributed by atoms with Crippen LogP contribution in [0, 0.1) is 16.7 Å². The molecule has 0 N–H and O–H groups in total. The van der Waals surface area contributed by atoms with Crippen LogP contribution in [0.2, 0.25) is 0 Å². The smallest absolute Gasteiger partial charge is 0.333 e. The first-order valence-electron chi connectivity index (χ1n) is 15.5. The van der Waals surface area contributed by atoms with Crippen LogP contribution in [0.15, 0.2) is 12.2 Å². The zero-order valence-corrected chi connectivity index (χ0v) is 24.4. The lowest BCUT2D eigenvalue weighted by Crippen LogP contribution is -2.68. The first-order valence-corrected chi connectivity index (χ1v) is 15.5. The van der Waals surface area contributed by atoms with Gasteiger partial charge in [0, 0.05) is 48.9 Å². The lowest BCUT2D eigenvalue weighted by molar-refractivity contribution is -0.288. The molecule has 6 rings (SSSR count). The van der Waals surface area contributed by atoms with Gasteiger partial charge >= 0.3 is 5.97 Å². The van der Waals surface area contributed by atoms with E-state index in [-0.39, 0.29) is 28.0 Å². The van der Waals surface area contributed by atoms with Crippen molar-refractivity contribution in [1.29, 1.82) is 0 Å². The standard InChI is InChI=1S/C32H52O6/c1-5-7-9-28(21-34-22-28)11-13-36-30-15-26-16-31(18-30,20-32(17-26,19-30)38-27(33)25(3)4)37-14-12-29(10-8-6-2)23-35-24-29/h26H,3,5-24H2,1-2,4H3. The van der Waals surface area contributed by atoms with E-state index in [1.54, 1.807) is 6.92 Å². The van der Waals surface area contributed by atoms with Crippen molar-refractivity contribution in [3.8, 4) is 0 Å². The van der Waals surface area contributed by atoms with Crippen molar-refractivity contribution < 1.29 is 28.5 Å². The maximum atomic E-state index is 12.8. The number of unbranched alkanes of at least 4 members (excludes halogenated alkanes) is 2. The molecular weight excluding hydrogens is 480 g/mol. The summed E-state index contributed by atoms with van der Waals surface area (Å²) in [6.07, 6.45) is 15.0. The van der Waals surface area contributed by atoms with E-state index in [4.69, 9.17) is 23.7 Å². The number of hydrogen-bond donors (Lipinski definition) is 0. The fourth-order valence-electron chi connectivity index (χ4n) is 8.58. The lowest BCUT2D eigenvalue weighted by Gasteiger charge is -2.65. The van der Waals surface area contributed by atoms with Crippen LogP contribution in [-0.2, 0) is 28.5 Å². The van der Waals surface area contributed by atoms with Crippen molar-refractivity contribution in [3.63, 3.8) is 0 Å². The molecule has 2 unspecified atom stereocenters. The van der Waals surface area contributed by atoms with Gasteiger partial charge in [-0.25, -0.2) is 4.79 Å². The molecule has 4 bridgehead atoms. The van der Waals surface area contributed by atoms with Crippen LogP contribution in [-0.4, -0.2) is 62.4 Å². The molecule has 38 heavy (non-hydrogen) atoms. The van der Waals surface area contributed by atoms with Crippen molar-refractivity contribution in [2.24, 2.45) is 16.7 Å². The summed E-state index contributed by atoms with van der Waals surface area (Å²) < 4.78 is 31.4. The first-order chi connectivity index (χ1) is 18.2. The number of rotatable bonds is 16. The monoisotopic (exact) mass is 532 g/mol. The summed E-state index contributed by atoms with van der Waals surface area (Å²) in [4.78, 5) is 12.8. The van der Waals surface area contributed by atoms with Gasteiger partial charge in [-0.2, -0.15) is 0 Å². The highest BCUT2D eigenvalue weighted by atomic mass is 16.6. The SMILES string of the molecule is C=C(C)C(=O)OC12CC3CC(OCCC4(CCCC)COC4)(CC(OCCC4(CCCC)COC4)(C3)C1)C2. The second-order valence-electron chi connectivity index (χ2n) is 14.1. The van der Waals surface area contributed by atoms with Gasteiger partial charge in [0.05, 0.1) is 37.6 Å². The van der Waals surface area contributed by atoms with Crippen molar-refractivity contribution in [1.82, 2.24) is 0 Å². The summed E-state index contributed by atoms with van der Waals surface area (Å²) in [6.45, 7) is 15.1. The van der Waals surface area contributed by atoms with Crippen LogP contribution in [0.1, 0.15) is 111 Å². The molecule has 4 saturated carbocycles. The van der Waals surface area contributed by atoms with Gasteiger partial charge in [0.1, 0.15) is 5.60 Å². The zero-order chi connectivity index (χ0) is 26.9. The second-order valence-corrected chi connectivity index (χ2v) is 14.1. The van der Waals surface area contributed by atoms with Crippen LogP contribution < -0.4 is 0 Å². The molecule has 2 saturated heterocycles. The summed E-state index contributed by atoms with van der Waals surface area (Å²) in [6, 6.07) is 0. The Morgan fingerprint density at radius 3 is 1.61 bits per heavy atom. The molecule has 0 aromatic carbocycles. The van der Waals surface area contributed by atoms with E-state index in [0.29, 0.717) is 11.5 Å². The van der Waals surface area contributed by atoms with E-state index < -0.39 is 5.60 Å². The van der Waals surface area contributed by atoms with Gasteiger partial charge in [-0.1, -0.05) is 46.1 Å². The largest absolute Gasteiger partial charge is 0.455 e. The Hall–Kier alpha value is -0.950. The summed E-state index contributed by atoms with van der Waals surface area (Å²) in [5.41, 5.74) is -0.0108. The third-order valence-corrected chi connectivity index (χ3v) is 10.4. The average molecular weight is 533 g/mol. The Balaban J connectivity index is 1.28. The molecular formula is C32H52O6. The molecule has 0 spiro atoms. The highest BCUT2D eigenvalue weighted by molar-refractivity contribution is 5.87. The summed E-state index contributed by atoms with van der Waals surface area (Å²) in [7, 11) is 0. The van der Waals surface area contributed by atoms with Gasteiger partial charge in [-0.05, 0) is 57.8 Å². The molecule has 2 aliphatic heterocycles. The normalized spacial score (nSPS) is 35.9. The van der Waals surface area contributed by atoms with Crippen LogP contribution >= 0.6 is 0 Å². The van der Waals surface area contributed by atoms with Crippen LogP contribution in [0.25, 0.3) is 0 Å². The van der Waals surface area contributed by atoms with Crippen molar-refractivity contribution in [2.45, 2.75) is 127 Å². The molecule has 4 aliphatic carbocycles. The fourth-order valence-corrected chi connectivity index (χ4v) is 8.58. The number of ether oxygens (including phenoxy) is 5. The highest BCUT2D eigenvalue weighted by Gasteiger charge is 2.66. The summed E-state index contributed by atoms with van der Waals surface area (Å²) in [5.74, 6) is 0.193. The maximum absolute atomic E-state index is 12.8. The van der Waals surface area contributed by atoms with Crippen LogP contribution in [0.3, 0.4) is 0 Å². The topological polar surface area (TPSA) is 63.2 Å². The number of carbonyl (C=O) groups is 1. The van der Waals surface area contributed by atoms with Crippen LogP contribution in [0.4, 0.5) is 0 Å². The third-order valence-electron chi connectivity index (χ3n) is 10.4. The molecule has 6 heteroatoms. The molecule has 2 heterocycles. The predicted molar refractivity (Wildman–Crippen MR) is 147 cm³/mol. The van der Waals surface area contributed by atoms with Gasteiger partial charge < -0.3 is 23.7 Å². The van der Waals surface area contributed by atoms with E-state index in [9.17, 15) is 4.79 Å². The molecule has 0 aromatic heterocycles. The van der Waals surface area contributed by atoms with Crippen LogP contribution in [0.5, 0.6) is 0 Å². The molecule has 0 aromatic rings. The van der Waals surface area contributed by atoms with Gasteiger partial charge in [0.2, 0.25) is 0 Å². The van der Waals surface area contributed by atoms with E-state index in [1.165, 1.54) is 38.5 Å². The number of esters is 1. The zero-order valence-electron chi connectivity index (χ0n) is 24.4. The highest BCUT2D eigenvalue weighted by Crippen LogP contribution is 2.63. The second kappa shape index (κ2) is 11.1. The van der Waals surface area contributed by atoms with Gasteiger partial charge in [0.25, 0.3) is 0 Å². The molecule has 6 aliphatic rings. The first kappa shape index (κ1) is 28.6. The minimum atomic E-state index is -0.506. The van der Waals surface area contributed by atoms with E-state index >= 15 is 0 Å². The Kier molecular flexibility index (Phi) is 8.38. The van der Waals surface area contributed by atoms with E-state index in [0.717, 1.165) is 91.0 Å². The van der Waals surface area contributed by atoms with Gasteiger partial charge in [-0.3, -0.25) is 0 Å². The summed E-state index contributed by atoms with van der Waals surface area (Å²) >= 11 is 0. The molecule has 216 valence electrons. The van der Waals surface area contributed by atoms with Gasteiger partial charge in [0.15, 0.2) is 0 Å². The maximum Gasteiger partial charge on any atom is 0.333 e.